The Bertz CT molecular complexity index is 447. The van der Waals surface area contributed by atoms with Crippen LogP contribution in [0.5, 0.6) is 0 Å². The highest BCUT2D eigenvalue weighted by Crippen LogP contribution is 2.28. The lowest BCUT2D eigenvalue weighted by atomic mass is 10.2. The van der Waals surface area contributed by atoms with Gasteiger partial charge in [0.1, 0.15) is 11.5 Å². The number of nitrogens with zero attached hydrogens (tertiary/aromatic N) is 1. The molecule has 4 nitrogen and oxygen atoms in total. The number of amides is 1. The standard InChI is InChI=1S/C13H18F3N3O/c1-9(2)8-18-12(20)6-7-17-11-5-3-4-10(19-11)13(14,15)16/h3-5,9H,6-8H2,1-2H3,(H,17,19)(H,18,20). The van der Waals surface area contributed by atoms with Gasteiger partial charge < -0.3 is 10.6 Å². The van der Waals surface area contributed by atoms with Gasteiger partial charge in [-0.1, -0.05) is 19.9 Å². The second kappa shape index (κ2) is 7.12. The number of anilines is 1. The maximum Gasteiger partial charge on any atom is 0.433 e. The van der Waals surface area contributed by atoms with Crippen molar-refractivity contribution >= 4 is 11.7 Å². The molecule has 1 heterocycles. The van der Waals surface area contributed by atoms with Gasteiger partial charge in [0.2, 0.25) is 5.91 Å². The zero-order chi connectivity index (χ0) is 15.2. The van der Waals surface area contributed by atoms with E-state index in [0.717, 1.165) is 6.07 Å². The number of halogens is 3. The lowest BCUT2D eigenvalue weighted by Crippen LogP contribution is -2.28. The molecule has 0 spiro atoms. The predicted molar refractivity (Wildman–Crippen MR) is 70.2 cm³/mol. The Balaban J connectivity index is 2.41. The number of nitrogens with one attached hydrogen (secondary N) is 2. The zero-order valence-corrected chi connectivity index (χ0v) is 11.4. The van der Waals surface area contributed by atoms with Crippen LogP contribution in [0, 0.1) is 5.92 Å². The first-order valence-corrected chi connectivity index (χ1v) is 6.34. The van der Waals surface area contributed by atoms with Crippen LogP contribution in [0.1, 0.15) is 26.0 Å². The van der Waals surface area contributed by atoms with Gasteiger partial charge in [-0.15, -0.1) is 0 Å². The average Bonchev–Trinajstić information content (AvgIpc) is 2.36. The third-order valence-corrected chi connectivity index (χ3v) is 2.41. The van der Waals surface area contributed by atoms with E-state index in [0.29, 0.717) is 12.5 Å². The van der Waals surface area contributed by atoms with Crippen LogP contribution in [-0.4, -0.2) is 24.0 Å². The molecule has 20 heavy (non-hydrogen) atoms. The van der Waals surface area contributed by atoms with Gasteiger partial charge in [0.05, 0.1) is 0 Å². The molecule has 0 atom stereocenters. The molecule has 1 rings (SSSR count). The Hall–Kier alpha value is -1.79. The highest BCUT2D eigenvalue weighted by molar-refractivity contribution is 5.76. The van der Waals surface area contributed by atoms with Crippen molar-refractivity contribution in [2.75, 3.05) is 18.4 Å². The van der Waals surface area contributed by atoms with Crippen LogP contribution in [0.2, 0.25) is 0 Å². The highest BCUT2D eigenvalue weighted by atomic mass is 19.4. The quantitative estimate of drug-likeness (QED) is 0.846. The summed E-state index contributed by atoms with van der Waals surface area (Å²) in [6.45, 7) is 4.77. The maximum absolute atomic E-state index is 12.4. The summed E-state index contributed by atoms with van der Waals surface area (Å²) in [6.07, 6.45) is -4.28. The minimum Gasteiger partial charge on any atom is -0.370 e. The Morgan fingerprint density at radius 1 is 1.35 bits per heavy atom. The van der Waals surface area contributed by atoms with E-state index in [1.54, 1.807) is 0 Å². The van der Waals surface area contributed by atoms with Gasteiger partial charge in [-0.2, -0.15) is 13.2 Å². The van der Waals surface area contributed by atoms with E-state index in [1.165, 1.54) is 12.1 Å². The van der Waals surface area contributed by atoms with Crippen molar-refractivity contribution in [2.45, 2.75) is 26.4 Å². The largest absolute Gasteiger partial charge is 0.433 e. The molecule has 0 aliphatic heterocycles. The van der Waals surface area contributed by atoms with E-state index in [-0.39, 0.29) is 24.7 Å². The number of carbonyl (C=O) groups is 1. The minimum absolute atomic E-state index is 0.108. The molecule has 112 valence electrons. The van der Waals surface area contributed by atoms with Crippen LogP contribution >= 0.6 is 0 Å². The first-order chi connectivity index (χ1) is 9.29. The van der Waals surface area contributed by atoms with Gasteiger partial charge in [-0.3, -0.25) is 4.79 Å². The first-order valence-electron chi connectivity index (χ1n) is 6.34. The van der Waals surface area contributed by atoms with Crippen LogP contribution in [-0.2, 0) is 11.0 Å². The molecule has 1 amide bonds. The number of pyridine rings is 1. The molecular weight excluding hydrogens is 271 g/mol. The summed E-state index contributed by atoms with van der Waals surface area (Å²) in [5.74, 6) is 0.326. The van der Waals surface area contributed by atoms with Gasteiger partial charge in [0, 0.05) is 19.5 Å². The molecule has 0 saturated heterocycles. The van der Waals surface area contributed by atoms with E-state index in [2.05, 4.69) is 15.6 Å². The highest BCUT2D eigenvalue weighted by Gasteiger charge is 2.32. The van der Waals surface area contributed by atoms with Crippen LogP contribution in [0.4, 0.5) is 19.0 Å². The Labute approximate surface area is 115 Å². The summed E-state index contributed by atoms with van der Waals surface area (Å²) in [6, 6.07) is 3.61. The number of alkyl halides is 3. The molecule has 7 heteroatoms. The Kier molecular flexibility index (Phi) is 5.79. The summed E-state index contributed by atoms with van der Waals surface area (Å²) in [5, 5.41) is 5.43. The summed E-state index contributed by atoms with van der Waals surface area (Å²) < 4.78 is 37.3. The number of carbonyl (C=O) groups excluding carboxylic acids is 1. The van der Waals surface area contributed by atoms with Gasteiger partial charge in [0.25, 0.3) is 0 Å². The summed E-state index contributed by atoms with van der Waals surface area (Å²) in [5.41, 5.74) is -0.952. The van der Waals surface area contributed by atoms with Gasteiger partial charge >= 0.3 is 6.18 Å². The van der Waals surface area contributed by atoms with Crippen molar-refractivity contribution in [2.24, 2.45) is 5.92 Å². The van der Waals surface area contributed by atoms with Crippen molar-refractivity contribution in [1.29, 1.82) is 0 Å². The molecule has 0 aliphatic carbocycles. The van der Waals surface area contributed by atoms with Crippen LogP contribution in [0.3, 0.4) is 0 Å². The van der Waals surface area contributed by atoms with E-state index >= 15 is 0 Å². The van der Waals surface area contributed by atoms with Crippen molar-refractivity contribution in [3.63, 3.8) is 0 Å². The van der Waals surface area contributed by atoms with Gasteiger partial charge in [0.15, 0.2) is 0 Å². The van der Waals surface area contributed by atoms with Crippen molar-refractivity contribution in [3.05, 3.63) is 23.9 Å². The van der Waals surface area contributed by atoms with E-state index in [9.17, 15) is 18.0 Å². The Morgan fingerprint density at radius 3 is 2.65 bits per heavy atom. The topological polar surface area (TPSA) is 54.0 Å². The molecule has 0 radical (unpaired) electrons. The van der Waals surface area contributed by atoms with Crippen molar-refractivity contribution in [1.82, 2.24) is 10.3 Å². The summed E-state index contributed by atoms with van der Waals surface area (Å²) >= 11 is 0. The number of hydrogen-bond donors (Lipinski definition) is 2. The molecule has 0 aliphatic rings. The fourth-order valence-electron chi connectivity index (χ4n) is 1.40. The molecule has 1 aromatic rings. The fourth-order valence-corrected chi connectivity index (χ4v) is 1.40. The lowest BCUT2D eigenvalue weighted by Gasteiger charge is -2.10. The Morgan fingerprint density at radius 2 is 2.05 bits per heavy atom. The number of hydrogen-bond acceptors (Lipinski definition) is 3. The third kappa shape index (κ3) is 5.90. The second-order valence-electron chi connectivity index (χ2n) is 4.78. The van der Waals surface area contributed by atoms with E-state index < -0.39 is 11.9 Å². The number of rotatable bonds is 6. The zero-order valence-electron chi connectivity index (χ0n) is 11.4. The lowest BCUT2D eigenvalue weighted by molar-refractivity contribution is -0.141. The molecule has 1 aromatic heterocycles. The molecule has 0 fully saturated rings. The van der Waals surface area contributed by atoms with Crippen LogP contribution in [0.25, 0.3) is 0 Å². The van der Waals surface area contributed by atoms with Gasteiger partial charge in [-0.25, -0.2) is 4.98 Å². The molecular formula is C13H18F3N3O. The smallest absolute Gasteiger partial charge is 0.370 e. The van der Waals surface area contributed by atoms with Crippen molar-refractivity contribution < 1.29 is 18.0 Å². The molecule has 2 N–H and O–H groups in total. The SMILES string of the molecule is CC(C)CNC(=O)CCNc1cccc(C(F)(F)F)n1. The molecule has 0 aromatic carbocycles. The molecule has 0 saturated carbocycles. The minimum atomic E-state index is -4.47. The number of aromatic nitrogens is 1. The fraction of sp³-hybridized carbons (Fsp3) is 0.538. The average molecular weight is 289 g/mol. The van der Waals surface area contributed by atoms with E-state index in [1.807, 2.05) is 13.8 Å². The predicted octanol–water partition coefficient (Wildman–Crippen LogP) is 2.67. The first kappa shape index (κ1) is 16.3. The monoisotopic (exact) mass is 289 g/mol. The second-order valence-corrected chi connectivity index (χ2v) is 4.78. The maximum atomic E-state index is 12.4. The van der Waals surface area contributed by atoms with Crippen LogP contribution in [0.15, 0.2) is 18.2 Å². The van der Waals surface area contributed by atoms with E-state index in [4.69, 9.17) is 0 Å². The van der Waals surface area contributed by atoms with Crippen molar-refractivity contribution in [3.8, 4) is 0 Å². The third-order valence-electron chi connectivity index (χ3n) is 2.41. The summed E-state index contributed by atoms with van der Waals surface area (Å²) in [4.78, 5) is 14.9. The summed E-state index contributed by atoms with van der Waals surface area (Å²) in [7, 11) is 0. The normalized spacial score (nSPS) is 11.5. The van der Waals surface area contributed by atoms with Crippen LogP contribution < -0.4 is 10.6 Å². The molecule has 0 unspecified atom stereocenters. The van der Waals surface area contributed by atoms with Gasteiger partial charge in [-0.05, 0) is 18.1 Å². The molecule has 0 bridgehead atoms.